The molecular formula is C38H28F2N12O. The van der Waals surface area contributed by atoms with Crippen molar-refractivity contribution < 1.29 is 13.9 Å². The molecule has 2 atom stereocenters. The molecule has 15 heteroatoms. The maximum absolute atomic E-state index is 13.5. The molecule has 0 saturated heterocycles. The summed E-state index contributed by atoms with van der Waals surface area (Å²) in [4.78, 5) is 20.3. The van der Waals surface area contributed by atoms with Crippen molar-refractivity contribution in [1.82, 2.24) is 48.7 Å². The van der Waals surface area contributed by atoms with Crippen LogP contribution in [0.5, 0.6) is 0 Å². The Hall–Kier alpha value is -7.10. The number of hydrogen-bond acceptors (Lipinski definition) is 9. The summed E-state index contributed by atoms with van der Waals surface area (Å²) in [5, 5.41) is 38.2. The van der Waals surface area contributed by atoms with E-state index in [4.69, 9.17) is 5.26 Å². The number of fused-ring (bicyclic) bond motifs is 2. The van der Waals surface area contributed by atoms with Crippen molar-refractivity contribution in [3.05, 3.63) is 121 Å². The number of halogens is 2. The number of hydrogen-bond donors (Lipinski definition) is 2. The molecule has 1 fully saturated rings. The molecule has 1 aliphatic rings. The van der Waals surface area contributed by atoms with Gasteiger partial charge in [0.2, 0.25) is 0 Å². The zero-order chi connectivity index (χ0) is 36.5. The number of benzene rings is 2. The first-order valence-corrected chi connectivity index (χ1v) is 16.7. The van der Waals surface area contributed by atoms with Crippen LogP contribution in [0.2, 0.25) is 0 Å². The second-order valence-corrected chi connectivity index (χ2v) is 12.4. The first-order chi connectivity index (χ1) is 25.9. The van der Waals surface area contributed by atoms with Gasteiger partial charge in [-0.15, -0.1) is 0 Å². The summed E-state index contributed by atoms with van der Waals surface area (Å²) in [6.45, 7) is 0. The van der Waals surface area contributed by atoms with Crippen molar-refractivity contribution >= 4 is 11.3 Å². The van der Waals surface area contributed by atoms with Gasteiger partial charge < -0.3 is 14.7 Å². The molecule has 2 aromatic carbocycles. The second kappa shape index (κ2) is 13.9. The van der Waals surface area contributed by atoms with Crippen LogP contribution in [0.25, 0.3) is 56.6 Å². The number of aromatic nitrogens is 10. The SMILES string of the molecule is N#Cc1cnc2ccc(-c3[nH]cnc3-c3ccc(F)cc3)nn12.N#Cc1cnc2ccc(-c3c(-c4ccc(F)cc4)ncn3C3CCCCC3O)nn12. The standard InChI is InChI=1S/C22H19FN6O.C16H9FN6/c23-15-7-5-14(6-8-15)21-22(28(13-26-21)18-3-1-2-4-19(18)30)17-9-10-20-25-12-16(11-24)29(20)27-17;17-11-3-1-10(2-4-11)15-16(21-9-20-15)13-5-6-14-19-8-12(7-18)23(14)22-13/h5-10,12-13,18-19,30H,1-4H2;1-6,8-9H,(H,20,21). The molecule has 0 spiro atoms. The molecule has 13 nitrogen and oxygen atoms in total. The zero-order valence-electron chi connectivity index (χ0n) is 27.8. The molecule has 6 heterocycles. The fourth-order valence-electron chi connectivity index (χ4n) is 6.58. The molecule has 0 radical (unpaired) electrons. The summed E-state index contributed by atoms with van der Waals surface area (Å²) in [7, 11) is 0. The molecule has 1 saturated carbocycles. The first kappa shape index (κ1) is 33.1. The van der Waals surface area contributed by atoms with Gasteiger partial charge in [-0.05, 0) is 85.6 Å². The fourth-order valence-corrected chi connectivity index (χ4v) is 6.58. The number of H-pyrrole nitrogens is 1. The Kier molecular flexibility index (Phi) is 8.67. The largest absolute Gasteiger partial charge is 0.391 e. The Morgan fingerprint density at radius 1 is 0.679 bits per heavy atom. The van der Waals surface area contributed by atoms with Gasteiger partial charge in [0.15, 0.2) is 22.7 Å². The van der Waals surface area contributed by atoms with Crippen LogP contribution >= 0.6 is 0 Å². The number of nitriles is 2. The fraction of sp³-hybridized carbons (Fsp3) is 0.158. The van der Waals surface area contributed by atoms with Crippen molar-refractivity contribution in [1.29, 1.82) is 10.5 Å². The highest BCUT2D eigenvalue weighted by molar-refractivity contribution is 5.78. The highest BCUT2D eigenvalue weighted by atomic mass is 19.1. The van der Waals surface area contributed by atoms with Crippen LogP contribution in [0.1, 0.15) is 43.1 Å². The van der Waals surface area contributed by atoms with Crippen LogP contribution in [-0.4, -0.2) is 59.9 Å². The molecule has 1 aliphatic carbocycles. The number of aliphatic hydroxyl groups is 1. The molecule has 6 aromatic heterocycles. The summed E-state index contributed by atoms with van der Waals surface area (Å²) < 4.78 is 31.5. The van der Waals surface area contributed by atoms with Crippen molar-refractivity contribution in [2.75, 3.05) is 0 Å². The Morgan fingerprint density at radius 2 is 1.25 bits per heavy atom. The average Bonchev–Trinajstić information content (AvgIpc) is 4.01. The molecule has 2 unspecified atom stereocenters. The van der Waals surface area contributed by atoms with Crippen LogP contribution in [0.3, 0.4) is 0 Å². The third kappa shape index (κ3) is 6.26. The van der Waals surface area contributed by atoms with Gasteiger partial charge in [-0.1, -0.05) is 12.8 Å². The molecule has 53 heavy (non-hydrogen) atoms. The van der Waals surface area contributed by atoms with Crippen LogP contribution in [-0.2, 0) is 0 Å². The lowest BCUT2D eigenvalue weighted by atomic mass is 9.92. The molecule has 0 bridgehead atoms. The lowest BCUT2D eigenvalue weighted by Crippen LogP contribution is -2.27. The molecular weight excluding hydrogens is 678 g/mol. The number of imidazole rings is 4. The maximum atomic E-state index is 13.5. The van der Waals surface area contributed by atoms with E-state index in [-0.39, 0.29) is 17.7 Å². The monoisotopic (exact) mass is 706 g/mol. The summed E-state index contributed by atoms with van der Waals surface area (Å²) >= 11 is 0. The van der Waals surface area contributed by atoms with Gasteiger partial charge in [-0.3, -0.25) is 0 Å². The summed E-state index contributed by atoms with van der Waals surface area (Å²) in [5.41, 5.74) is 7.32. The Bertz CT molecular complexity index is 2660. The van der Waals surface area contributed by atoms with E-state index >= 15 is 0 Å². The number of aliphatic hydroxyl groups excluding tert-OH is 1. The topological polar surface area (TPSA) is 175 Å². The predicted molar refractivity (Wildman–Crippen MR) is 189 cm³/mol. The number of aromatic amines is 1. The van der Waals surface area contributed by atoms with E-state index in [9.17, 15) is 19.1 Å². The molecule has 260 valence electrons. The quantitative estimate of drug-likeness (QED) is 0.201. The van der Waals surface area contributed by atoms with Gasteiger partial charge in [-0.25, -0.2) is 37.7 Å². The summed E-state index contributed by atoms with van der Waals surface area (Å²) in [5.74, 6) is -0.624. The highest BCUT2D eigenvalue weighted by Crippen LogP contribution is 2.37. The van der Waals surface area contributed by atoms with E-state index in [0.29, 0.717) is 51.2 Å². The van der Waals surface area contributed by atoms with Gasteiger partial charge in [0, 0.05) is 11.1 Å². The van der Waals surface area contributed by atoms with Gasteiger partial charge in [0.1, 0.15) is 35.2 Å². The lowest BCUT2D eigenvalue weighted by Gasteiger charge is -2.30. The van der Waals surface area contributed by atoms with Gasteiger partial charge in [-0.2, -0.15) is 20.7 Å². The smallest absolute Gasteiger partial charge is 0.162 e. The lowest BCUT2D eigenvalue weighted by molar-refractivity contribution is 0.0761. The van der Waals surface area contributed by atoms with Gasteiger partial charge in [0.25, 0.3) is 0 Å². The van der Waals surface area contributed by atoms with Crippen LogP contribution < -0.4 is 0 Å². The summed E-state index contributed by atoms with van der Waals surface area (Å²) in [6.07, 6.45) is 9.35. The molecule has 2 N–H and O–H groups in total. The van der Waals surface area contributed by atoms with E-state index in [1.807, 2.05) is 16.7 Å². The van der Waals surface area contributed by atoms with Crippen molar-refractivity contribution in [2.24, 2.45) is 0 Å². The molecule has 9 rings (SSSR count). The predicted octanol–water partition coefficient (Wildman–Crippen LogP) is 6.54. The molecule has 8 aromatic rings. The summed E-state index contributed by atoms with van der Waals surface area (Å²) in [6, 6.07) is 23.5. The number of nitrogens with zero attached hydrogens (tertiary/aromatic N) is 11. The molecule has 0 amide bonds. The van der Waals surface area contributed by atoms with E-state index in [0.717, 1.165) is 42.5 Å². The van der Waals surface area contributed by atoms with E-state index in [1.165, 1.54) is 45.7 Å². The van der Waals surface area contributed by atoms with Crippen LogP contribution in [0, 0.1) is 34.3 Å². The average molecular weight is 707 g/mol. The van der Waals surface area contributed by atoms with Crippen molar-refractivity contribution in [3.8, 4) is 57.4 Å². The minimum atomic E-state index is -0.473. The molecule has 0 aliphatic heterocycles. The number of rotatable bonds is 5. The Labute approximate surface area is 300 Å². The van der Waals surface area contributed by atoms with Gasteiger partial charge in [0.05, 0.1) is 60.0 Å². The zero-order valence-corrected chi connectivity index (χ0v) is 27.8. The normalized spacial score (nSPS) is 15.5. The minimum Gasteiger partial charge on any atom is -0.391 e. The second-order valence-electron chi connectivity index (χ2n) is 12.4. The first-order valence-electron chi connectivity index (χ1n) is 16.7. The minimum absolute atomic E-state index is 0.119. The third-order valence-electron chi connectivity index (χ3n) is 9.17. The third-order valence-corrected chi connectivity index (χ3v) is 9.17. The Balaban J connectivity index is 0.000000156. The van der Waals surface area contributed by atoms with E-state index in [1.54, 1.807) is 55.1 Å². The maximum Gasteiger partial charge on any atom is 0.162 e. The van der Waals surface area contributed by atoms with E-state index < -0.39 is 6.10 Å². The van der Waals surface area contributed by atoms with Crippen molar-refractivity contribution in [3.63, 3.8) is 0 Å². The Morgan fingerprint density at radius 3 is 1.85 bits per heavy atom. The van der Waals surface area contributed by atoms with Crippen molar-refractivity contribution in [2.45, 2.75) is 37.8 Å². The van der Waals surface area contributed by atoms with E-state index in [2.05, 4.69) is 41.2 Å². The highest BCUT2D eigenvalue weighted by Gasteiger charge is 2.29. The van der Waals surface area contributed by atoms with Crippen LogP contribution in [0.15, 0.2) is 97.8 Å². The van der Waals surface area contributed by atoms with Crippen LogP contribution in [0.4, 0.5) is 8.78 Å². The van der Waals surface area contributed by atoms with Gasteiger partial charge >= 0.3 is 0 Å². The number of nitrogens with one attached hydrogen (secondary N) is 1.